The molecule has 0 unspecified atom stereocenters. The summed E-state index contributed by atoms with van der Waals surface area (Å²) >= 11 is 0. The van der Waals surface area contributed by atoms with Crippen LogP contribution in [0.2, 0.25) is 0 Å². The Morgan fingerprint density at radius 2 is 1.94 bits per heavy atom. The number of piperidine rings is 1. The maximum atomic E-state index is 13.1. The van der Waals surface area contributed by atoms with E-state index < -0.39 is 10.0 Å². The Hall–Kier alpha value is -2.66. The molecule has 1 fully saturated rings. The van der Waals surface area contributed by atoms with E-state index in [-0.39, 0.29) is 16.7 Å². The molecule has 1 saturated heterocycles. The van der Waals surface area contributed by atoms with Crippen molar-refractivity contribution >= 4 is 15.9 Å². The van der Waals surface area contributed by atoms with E-state index in [0.29, 0.717) is 81.7 Å². The number of carbonyl (C=O) groups is 1. The Labute approximate surface area is 187 Å². The van der Waals surface area contributed by atoms with E-state index in [1.54, 1.807) is 19.1 Å². The van der Waals surface area contributed by atoms with Gasteiger partial charge in [0.25, 0.3) is 0 Å². The van der Waals surface area contributed by atoms with E-state index in [2.05, 4.69) is 15.5 Å². The zero-order valence-electron chi connectivity index (χ0n) is 18.1. The van der Waals surface area contributed by atoms with Crippen LogP contribution in [0, 0.1) is 12.8 Å². The Bertz CT molecular complexity index is 1050. The van der Waals surface area contributed by atoms with E-state index in [4.69, 9.17) is 14.0 Å². The first-order valence-corrected chi connectivity index (χ1v) is 12.3. The molecule has 3 heterocycles. The third-order valence-electron chi connectivity index (χ3n) is 5.62. The largest absolute Gasteiger partial charge is 0.490 e. The van der Waals surface area contributed by atoms with Crippen molar-refractivity contribution in [3.63, 3.8) is 0 Å². The minimum absolute atomic E-state index is 0.0423. The highest BCUT2D eigenvalue weighted by molar-refractivity contribution is 7.89. The molecule has 1 amide bonds. The van der Waals surface area contributed by atoms with Gasteiger partial charge < -0.3 is 19.3 Å². The Morgan fingerprint density at radius 1 is 1.19 bits per heavy atom. The fourth-order valence-corrected chi connectivity index (χ4v) is 5.33. The summed E-state index contributed by atoms with van der Waals surface area (Å²) in [6.45, 7) is 3.91. The van der Waals surface area contributed by atoms with Crippen LogP contribution in [-0.4, -0.2) is 61.6 Å². The zero-order chi connectivity index (χ0) is 22.6. The topological polar surface area (TPSA) is 124 Å². The van der Waals surface area contributed by atoms with Crippen LogP contribution in [0.4, 0.5) is 0 Å². The predicted octanol–water partition coefficient (Wildman–Crippen LogP) is 1.69. The van der Waals surface area contributed by atoms with E-state index in [1.165, 1.54) is 10.4 Å². The molecule has 0 aliphatic carbocycles. The van der Waals surface area contributed by atoms with Crippen molar-refractivity contribution in [3.05, 3.63) is 29.9 Å². The number of nitrogens with one attached hydrogen (secondary N) is 1. The molecule has 1 aromatic heterocycles. The van der Waals surface area contributed by atoms with Crippen LogP contribution < -0.4 is 14.8 Å². The van der Waals surface area contributed by atoms with Gasteiger partial charge in [0.05, 0.1) is 18.1 Å². The maximum Gasteiger partial charge on any atom is 0.243 e. The first-order valence-electron chi connectivity index (χ1n) is 10.9. The number of benzene rings is 1. The summed E-state index contributed by atoms with van der Waals surface area (Å²) in [6.07, 6.45) is 3.03. The number of hydrogen-bond acceptors (Lipinski definition) is 8. The molecule has 2 aliphatic heterocycles. The molecule has 0 radical (unpaired) electrons. The lowest BCUT2D eigenvalue weighted by Crippen LogP contribution is -2.43. The van der Waals surface area contributed by atoms with Gasteiger partial charge in [-0.2, -0.15) is 9.29 Å². The zero-order valence-corrected chi connectivity index (χ0v) is 18.9. The second-order valence-corrected chi connectivity index (χ2v) is 9.91. The highest BCUT2D eigenvalue weighted by Crippen LogP contribution is 2.33. The Morgan fingerprint density at radius 3 is 2.66 bits per heavy atom. The third-order valence-corrected chi connectivity index (χ3v) is 7.51. The van der Waals surface area contributed by atoms with Gasteiger partial charge >= 0.3 is 0 Å². The number of carbonyl (C=O) groups excluding carboxylic acids is 1. The molecule has 174 valence electrons. The number of rotatable bonds is 7. The van der Waals surface area contributed by atoms with Crippen LogP contribution in [0.1, 0.15) is 37.4 Å². The average Bonchev–Trinajstić information content (AvgIpc) is 3.07. The van der Waals surface area contributed by atoms with Crippen LogP contribution >= 0.6 is 0 Å². The summed E-state index contributed by atoms with van der Waals surface area (Å²) in [5.41, 5.74) is 0. The minimum Gasteiger partial charge on any atom is -0.490 e. The number of aromatic nitrogens is 2. The van der Waals surface area contributed by atoms with E-state index in [0.717, 1.165) is 6.42 Å². The van der Waals surface area contributed by atoms with Gasteiger partial charge in [-0.3, -0.25) is 4.79 Å². The van der Waals surface area contributed by atoms with Gasteiger partial charge in [-0.1, -0.05) is 5.16 Å². The van der Waals surface area contributed by atoms with Gasteiger partial charge in [-0.05, 0) is 38.3 Å². The van der Waals surface area contributed by atoms with Gasteiger partial charge in [0, 0.05) is 44.5 Å². The summed E-state index contributed by atoms with van der Waals surface area (Å²) in [6, 6.07) is 4.72. The molecule has 2 aliphatic rings. The first kappa shape index (κ1) is 22.5. The lowest BCUT2D eigenvalue weighted by atomic mass is 9.97. The number of nitrogens with zero attached hydrogens (tertiary/aromatic N) is 3. The van der Waals surface area contributed by atoms with E-state index in [1.807, 2.05) is 0 Å². The molecular formula is C21H28N4O6S. The van der Waals surface area contributed by atoms with Gasteiger partial charge in [-0.15, -0.1) is 0 Å². The molecule has 11 heteroatoms. The van der Waals surface area contributed by atoms with Gasteiger partial charge in [0.15, 0.2) is 17.3 Å². The number of amides is 1. The molecule has 4 rings (SSSR count). The number of aryl methyl sites for hydroxylation is 2. The van der Waals surface area contributed by atoms with Crippen molar-refractivity contribution in [3.8, 4) is 11.5 Å². The van der Waals surface area contributed by atoms with Crippen LogP contribution in [0.3, 0.4) is 0 Å². The molecule has 0 spiro atoms. The molecular weight excluding hydrogens is 436 g/mol. The second-order valence-electron chi connectivity index (χ2n) is 7.97. The SMILES string of the molecule is Cc1noc(CCCNC(=O)C2CCN(S(=O)(=O)c3ccc4c(c3)OCCCO4)CC2)n1. The number of hydrogen-bond donors (Lipinski definition) is 1. The Kier molecular flexibility index (Phi) is 6.95. The van der Waals surface area contributed by atoms with Gasteiger partial charge in [0.2, 0.25) is 21.8 Å². The third kappa shape index (κ3) is 5.21. The van der Waals surface area contributed by atoms with Crippen LogP contribution in [0.15, 0.2) is 27.6 Å². The molecule has 2 aromatic rings. The summed E-state index contributed by atoms with van der Waals surface area (Å²) in [4.78, 5) is 16.8. The number of ether oxygens (including phenoxy) is 2. The van der Waals surface area contributed by atoms with Crippen molar-refractivity contribution in [2.45, 2.75) is 43.9 Å². The minimum atomic E-state index is -3.66. The fourth-order valence-electron chi connectivity index (χ4n) is 3.85. The lowest BCUT2D eigenvalue weighted by molar-refractivity contribution is -0.126. The summed E-state index contributed by atoms with van der Waals surface area (Å²) in [5, 5.41) is 6.67. The van der Waals surface area contributed by atoms with Crippen molar-refractivity contribution in [1.29, 1.82) is 0 Å². The van der Waals surface area contributed by atoms with Crippen LogP contribution in [-0.2, 0) is 21.2 Å². The monoisotopic (exact) mass is 464 g/mol. The quantitative estimate of drug-likeness (QED) is 0.614. The molecule has 32 heavy (non-hydrogen) atoms. The first-order chi connectivity index (χ1) is 15.4. The van der Waals surface area contributed by atoms with E-state index >= 15 is 0 Å². The molecule has 0 saturated carbocycles. The maximum absolute atomic E-state index is 13.1. The smallest absolute Gasteiger partial charge is 0.243 e. The highest BCUT2D eigenvalue weighted by atomic mass is 32.2. The molecule has 0 atom stereocenters. The fraction of sp³-hybridized carbons (Fsp3) is 0.571. The number of fused-ring (bicyclic) bond motifs is 1. The van der Waals surface area contributed by atoms with Crippen molar-refractivity contribution < 1.29 is 27.2 Å². The van der Waals surface area contributed by atoms with Gasteiger partial charge in [-0.25, -0.2) is 8.42 Å². The lowest BCUT2D eigenvalue weighted by Gasteiger charge is -2.30. The predicted molar refractivity (Wildman–Crippen MR) is 114 cm³/mol. The van der Waals surface area contributed by atoms with E-state index in [9.17, 15) is 13.2 Å². The highest BCUT2D eigenvalue weighted by Gasteiger charge is 2.32. The molecule has 1 aromatic carbocycles. The van der Waals surface area contributed by atoms with Crippen LogP contribution in [0.5, 0.6) is 11.5 Å². The summed E-state index contributed by atoms with van der Waals surface area (Å²) in [7, 11) is -3.66. The van der Waals surface area contributed by atoms with Crippen LogP contribution in [0.25, 0.3) is 0 Å². The molecule has 0 bridgehead atoms. The van der Waals surface area contributed by atoms with Crippen molar-refractivity contribution in [2.24, 2.45) is 5.92 Å². The Balaban J connectivity index is 1.27. The standard InChI is InChI=1S/C21H28N4O6S/c1-15-23-20(31-24-15)4-2-9-22-21(26)16-7-10-25(11-8-16)32(27,28)17-5-6-18-19(14-17)30-13-3-12-29-18/h5-6,14,16H,2-4,7-13H2,1H3,(H,22,26). The summed E-state index contributed by atoms with van der Waals surface area (Å²) < 4.78 is 43.9. The molecule has 10 nitrogen and oxygen atoms in total. The van der Waals surface area contributed by atoms with Crippen molar-refractivity contribution in [2.75, 3.05) is 32.8 Å². The average molecular weight is 465 g/mol. The van der Waals surface area contributed by atoms with Crippen molar-refractivity contribution in [1.82, 2.24) is 19.8 Å². The second kappa shape index (κ2) is 9.86. The summed E-state index contributed by atoms with van der Waals surface area (Å²) in [5.74, 6) is 1.93. The normalized spacial score (nSPS) is 17.7. The van der Waals surface area contributed by atoms with Gasteiger partial charge in [0.1, 0.15) is 0 Å². The molecule has 1 N–H and O–H groups in total. The number of sulfonamides is 1.